The van der Waals surface area contributed by atoms with Gasteiger partial charge >= 0.3 is 0 Å². The highest BCUT2D eigenvalue weighted by Crippen LogP contribution is 2.31. The maximum atomic E-state index is 9.26. The zero-order chi connectivity index (χ0) is 15.4. The van der Waals surface area contributed by atoms with Crippen LogP contribution in [0.3, 0.4) is 0 Å². The van der Waals surface area contributed by atoms with E-state index >= 15 is 0 Å². The molecule has 0 aliphatic heterocycles. The first-order valence-electron chi connectivity index (χ1n) is 5.73. The van der Waals surface area contributed by atoms with Crippen LogP contribution in [-0.4, -0.2) is 16.2 Å². The summed E-state index contributed by atoms with van der Waals surface area (Å²) in [6.45, 7) is 0. The van der Waals surface area contributed by atoms with Gasteiger partial charge in [-0.1, -0.05) is 29.3 Å². The Bertz CT molecular complexity index is 716. The van der Waals surface area contributed by atoms with Crippen LogP contribution < -0.4 is 5.73 Å². The van der Waals surface area contributed by atoms with E-state index in [1.807, 2.05) is 12.3 Å². The maximum Gasteiger partial charge on any atom is 0.222 e. The van der Waals surface area contributed by atoms with Crippen LogP contribution >= 0.6 is 46.7 Å². The molecule has 2 rings (SSSR count). The van der Waals surface area contributed by atoms with Crippen molar-refractivity contribution in [1.29, 1.82) is 5.26 Å². The van der Waals surface area contributed by atoms with Gasteiger partial charge in [-0.2, -0.15) is 5.26 Å². The Kier molecular flexibility index (Phi) is 5.59. The average Bonchev–Trinajstić information content (AvgIpc) is 2.47. The largest absolute Gasteiger partial charge is 0.368 e. The molecule has 1 heterocycles. The van der Waals surface area contributed by atoms with E-state index < -0.39 is 0 Å². The second-order valence-electron chi connectivity index (χ2n) is 3.92. The fourth-order valence-corrected chi connectivity index (χ4v) is 3.41. The molecule has 2 aromatic rings. The normalized spacial score (nSPS) is 10.4. The number of anilines is 1. The number of hydrogen-bond donors (Lipinski definition) is 1. The van der Waals surface area contributed by atoms with Crippen LogP contribution in [0.15, 0.2) is 28.3 Å². The van der Waals surface area contributed by atoms with Crippen molar-refractivity contribution in [3.05, 3.63) is 39.4 Å². The van der Waals surface area contributed by atoms with Crippen LogP contribution in [0.1, 0.15) is 11.1 Å². The molecule has 0 atom stereocenters. The Labute approximate surface area is 141 Å². The predicted molar refractivity (Wildman–Crippen MR) is 89.0 cm³/mol. The molecule has 0 amide bonds. The monoisotopic (exact) mass is 356 g/mol. The molecular weight excluding hydrogens is 347 g/mol. The van der Waals surface area contributed by atoms with Gasteiger partial charge in [0.25, 0.3) is 0 Å². The highest BCUT2D eigenvalue weighted by molar-refractivity contribution is 7.99. The lowest BCUT2D eigenvalue weighted by Gasteiger charge is -2.07. The third kappa shape index (κ3) is 3.95. The first-order chi connectivity index (χ1) is 10.0. The lowest BCUT2D eigenvalue weighted by atomic mass is 10.2. The van der Waals surface area contributed by atoms with E-state index in [0.29, 0.717) is 31.4 Å². The molecule has 8 heteroatoms. The van der Waals surface area contributed by atoms with Gasteiger partial charge in [-0.05, 0) is 24.0 Å². The summed E-state index contributed by atoms with van der Waals surface area (Å²) in [5, 5.41) is 11.4. The van der Waals surface area contributed by atoms with Crippen LogP contribution in [-0.2, 0) is 5.75 Å². The first kappa shape index (κ1) is 16.2. The Morgan fingerprint density at radius 2 is 1.95 bits per heavy atom. The highest BCUT2D eigenvalue weighted by atomic mass is 35.5. The number of nitrogen functional groups attached to an aromatic ring is 1. The molecular formula is C13H10Cl2N4S2. The van der Waals surface area contributed by atoms with E-state index in [-0.39, 0.29) is 5.95 Å². The quantitative estimate of drug-likeness (QED) is 0.651. The number of nitrogens with zero attached hydrogens (tertiary/aromatic N) is 3. The molecule has 0 unspecified atom stereocenters. The fraction of sp³-hybridized carbons (Fsp3) is 0.154. The fourth-order valence-electron chi connectivity index (χ4n) is 1.57. The van der Waals surface area contributed by atoms with E-state index in [9.17, 15) is 5.26 Å². The predicted octanol–water partition coefficient (Wildman–Crippen LogP) is 4.25. The summed E-state index contributed by atoms with van der Waals surface area (Å²) < 4.78 is 0. The number of nitriles is 1. The van der Waals surface area contributed by atoms with Gasteiger partial charge in [-0.15, -0.1) is 23.5 Å². The SMILES string of the molecule is CSc1nc(N)nc(SCc2ccc(Cl)c(Cl)c2)c1C#N. The number of hydrogen-bond acceptors (Lipinski definition) is 6. The second kappa shape index (κ2) is 7.23. The highest BCUT2D eigenvalue weighted by Gasteiger charge is 2.13. The molecule has 1 aromatic carbocycles. The molecule has 0 saturated heterocycles. The van der Waals surface area contributed by atoms with Gasteiger partial charge in [0, 0.05) is 5.75 Å². The van der Waals surface area contributed by atoms with Crippen LogP contribution in [0.2, 0.25) is 10.0 Å². The van der Waals surface area contributed by atoms with Gasteiger partial charge in [0.1, 0.15) is 21.7 Å². The molecule has 0 radical (unpaired) electrons. The van der Waals surface area contributed by atoms with Crippen LogP contribution in [0.5, 0.6) is 0 Å². The van der Waals surface area contributed by atoms with E-state index in [1.54, 1.807) is 12.1 Å². The minimum atomic E-state index is 0.162. The van der Waals surface area contributed by atoms with E-state index in [0.717, 1.165) is 5.56 Å². The summed E-state index contributed by atoms with van der Waals surface area (Å²) in [4.78, 5) is 8.20. The molecule has 108 valence electrons. The summed E-state index contributed by atoms with van der Waals surface area (Å²) >= 11 is 14.7. The minimum Gasteiger partial charge on any atom is -0.368 e. The average molecular weight is 357 g/mol. The van der Waals surface area contributed by atoms with Crippen molar-refractivity contribution in [2.24, 2.45) is 0 Å². The molecule has 21 heavy (non-hydrogen) atoms. The molecule has 0 fully saturated rings. The minimum absolute atomic E-state index is 0.162. The summed E-state index contributed by atoms with van der Waals surface area (Å²) in [7, 11) is 0. The lowest BCUT2D eigenvalue weighted by Crippen LogP contribution is -2.01. The molecule has 1 aromatic heterocycles. The van der Waals surface area contributed by atoms with Crippen molar-refractivity contribution in [1.82, 2.24) is 9.97 Å². The molecule has 0 spiro atoms. The Balaban J connectivity index is 2.25. The van der Waals surface area contributed by atoms with E-state index in [4.69, 9.17) is 28.9 Å². The Morgan fingerprint density at radius 3 is 2.57 bits per heavy atom. The van der Waals surface area contributed by atoms with Crippen LogP contribution in [0.25, 0.3) is 0 Å². The number of nitrogens with two attached hydrogens (primary N) is 1. The molecule has 0 aliphatic carbocycles. The smallest absolute Gasteiger partial charge is 0.222 e. The number of thioether (sulfide) groups is 2. The van der Waals surface area contributed by atoms with Gasteiger partial charge in [0.2, 0.25) is 5.95 Å². The second-order valence-corrected chi connectivity index (χ2v) is 6.49. The van der Waals surface area contributed by atoms with Crippen LogP contribution in [0, 0.1) is 11.3 Å². The molecule has 0 saturated carbocycles. The van der Waals surface area contributed by atoms with Crippen molar-refractivity contribution in [2.45, 2.75) is 15.8 Å². The third-order valence-electron chi connectivity index (χ3n) is 2.52. The van der Waals surface area contributed by atoms with Gasteiger partial charge in [0.15, 0.2) is 0 Å². The number of benzene rings is 1. The summed E-state index contributed by atoms with van der Waals surface area (Å²) in [6, 6.07) is 7.55. The molecule has 2 N–H and O–H groups in total. The van der Waals surface area contributed by atoms with Crippen molar-refractivity contribution < 1.29 is 0 Å². The van der Waals surface area contributed by atoms with Gasteiger partial charge in [0.05, 0.1) is 10.0 Å². The molecule has 0 aliphatic rings. The van der Waals surface area contributed by atoms with Crippen molar-refractivity contribution >= 4 is 52.7 Å². The van der Waals surface area contributed by atoms with Gasteiger partial charge in [-0.3, -0.25) is 0 Å². The Morgan fingerprint density at radius 1 is 1.24 bits per heavy atom. The summed E-state index contributed by atoms with van der Waals surface area (Å²) in [5.74, 6) is 0.769. The van der Waals surface area contributed by atoms with Crippen molar-refractivity contribution in [3.8, 4) is 6.07 Å². The number of aromatic nitrogens is 2. The zero-order valence-electron chi connectivity index (χ0n) is 10.9. The van der Waals surface area contributed by atoms with E-state index in [2.05, 4.69) is 16.0 Å². The summed E-state index contributed by atoms with van der Waals surface area (Å²) in [6.07, 6.45) is 1.84. The van der Waals surface area contributed by atoms with Crippen LogP contribution in [0.4, 0.5) is 5.95 Å². The van der Waals surface area contributed by atoms with Gasteiger partial charge in [-0.25, -0.2) is 9.97 Å². The maximum absolute atomic E-state index is 9.26. The first-order valence-corrected chi connectivity index (χ1v) is 8.70. The Hall–Kier alpha value is -1.13. The number of rotatable bonds is 4. The topological polar surface area (TPSA) is 75.6 Å². The summed E-state index contributed by atoms with van der Waals surface area (Å²) in [5.41, 5.74) is 7.11. The van der Waals surface area contributed by atoms with Gasteiger partial charge < -0.3 is 5.73 Å². The third-order valence-corrected chi connectivity index (χ3v) is 4.99. The van der Waals surface area contributed by atoms with Crippen molar-refractivity contribution in [3.63, 3.8) is 0 Å². The molecule has 0 bridgehead atoms. The number of halogens is 2. The standard InChI is InChI=1S/C13H10Cl2N4S2/c1-20-11-8(5-16)12(19-13(17)18-11)21-6-7-2-3-9(14)10(15)4-7/h2-4H,6H2,1H3,(H2,17,18,19). The zero-order valence-corrected chi connectivity index (χ0v) is 14.1. The molecule has 4 nitrogen and oxygen atoms in total. The lowest BCUT2D eigenvalue weighted by molar-refractivity contribution is 0.961. The van der Waals surface area contributed by atoms with E-state index in [1.165, 1.54) is 23.5 Å². The van der Waals surface area contributed by atoms with Crippen molar-refractivity contribution in [2.75, 3.05) is 12.0 Å².